The highest BCUT2D eigenvalue weighted by atomic mass is 16.5. The average Bonchev–Trinajstić information content (AvgIpc) is 2.67. The molecule has 1 fully saturated rings. The van der Waals surface area contributed by atoms with E-state index in [-0.39, 0.29) is 12.5 Å². The van der Waals surface area contributed by atoms with Crippen LogP contribution in [0.1, 0.15) is 30.1 Å². The molecule has 0 aromatic heterocycles. The molecule has 0 saturated carbocycles. The van der Waals surface area contributed by atoms with Crippen molar-refractivity contribution in [3.05, 3.63) is 60.2 Å². The van der Waals surface area contributed by atoms with Gasteiger partial charge in [0.25, 0.3) is 5.91 Å². The number of esters is 1. The van der Waals surface area contributed by atoms with Crippen LogP contribution in [0.3, 0.4) is 0 Å². The van der Waals surface area contributed by atoms with Gasteiger partial charge in [0, 0.05) is 13.1 Å². The lowest BCUT2D eigenvalue weighted by Gasteiger charge is -2.30. The van der Waals surface area contributed by atoms with Crippen molar-refractivity contribution in [1.29, 1.82) is 0 Å². The summed E-state index contributed by atoms with van der Waals surface area (Å²) in [6.45, 7) is 3.43. The van der Waals surface area contributed by atoms with Crippen molar-refractivity contribution in [3.8, 4) is 11.5 Å². The van der Waals surface area contributed by atoms with Gasteiger partial charge in [-0.3, -0.25) is 4.79 Å². The summed E-state index contributed by atoms with van der Waals surface area (Å²) in [5.41, 5.74) is 0.360. The predicted molar refractivity (Wildman–Crippen MR) is 98.2 cm³/mol. The van der Waals surface area contributed by atoms with Crippen LogP contribution in [-0.2, 0) is 9.53 Å². The molecule has 136 valence electrons. The van der Waals surface area contributed by atoms with Crippen molar-refractivity contribution in [2.24, 2.45) is 5.92 Å². The number of ether oxygens (including phenoxy) is 2. The summed E-state index contributed by atoms with van der Waals surface area (Å²) in [4.78, 5) is 26.2. The standard InChI is InChI=1S/C21H23NO4/c1-16-10-12-22(13-11-16)20(23)15-25-21(24)17-6-5-9-19(14-17)26-18-7-3-2-4-8-18/h2-9,14,16H,10-13,15H2,1H3. The van der Waals surface area contributed by atoms with Gasteiger partial charge in [-0.25, -0.2) is 4.79 Å². The second-order valence-corrected chi connectivity index (χ2v) is 6.58. The molecule has 0 radical (unpaired) electrons. The van der Waals surface area contributed by atoms with Gasteiger partial charge in [0.1, 0.15) is 11.5 Å². The molecular formula is C21H23NO4. The number of likely N-dealkylation sites (tertiary alicyclic amines) is 1. The minimum Gasteiger partial charge on any atom is -0.457 e. The molecule has 2 aromatic rings. The number of piperidine rings is 1. The fourth-order valence-corrected chi connectivity index (χ4v) is 2.87. The Morgan fingerprint density at radius 2 is 1.69 bits per heavy atom. The Morgan fingerprint density at radius 1 is 1.00 bits per heavy atom. The molecular weight excluding hydrogens is 330 g/mol. The van der Waals surface area contributed by atoms with Crippen LogP contribution in [0.15, 0.2) is 54.6 Å². The Labute approximate surface area is 153 Å². The Morgan fingerprint density at radius 3 is 2.42 bits per heavy atom. The molecule has 1 amide bonds. The van der Waals surface area contributed by atoms with Crippen LogP contribution in [0.25, 0.3) is 0 Å². The molecule has 0 N–H and O–H groups in total. The van der Waals surface area contributed by atoms with Crippen LogP contribution in [0.4, 0.5) is 0 Å². The summed E-state index contributed by atoms with van der Waals surface area (Å²) < 4.78 is 10.9. The summed E-state index contributed by atoms with van der Waals surface area (Å²) >= 11 is 0. The van der Waals surface area contributed by atoms with Gasteiger partial charge in [0.15, 0.2) is 6.61 Å². The highest BCUT2D eigenvalue weighted by Crippen LogP contribution is 2.22. The molecule has 26 heavy (non-hydrogen) atoms. The number of rotatable bonds is 5. The van der Waals surface area contributed by atoms with Gasteiger partial charge in [0.2, 0.25) is 0 Å². The lowest BCUT2D eigenvalue weighted by molar-refractivity contribution is -0.135. The maximum atomic E-state index is 12.2. The smallest absolute Gasteiger partial charge is 0.338 e. The Bertz CT molecular complexity index is 752. The van der Waals surface area contributed by atoms with Gasteiger partial charge in [-0.15, -0.1) is 0 Å². The number of hydrogen-bond acceptors (Lipinski definition) is 4. The summed E-state index contributed by atoms with van der Waals surface area (Å²) in [5.74, 6) is 1.22. The SMILES string of the molecule is CC1CCN(C(=O)COC(=O)c2cccc(Oc3ccccc3)c2)CC1. The van der Waals surface area contributed by atoms with E-state index in [0.717, 1.165) is 25.9 Å². The summed E-state index contributed by atoms with van der Waals surface area (Å²) in [5, 5.41) is 0. The van der Waals surface area contributed by atoms with E-state index in [9.17, 15) is 9.59 Å². The number of nitrogens with zero attached hydrogens (tertiary/aromatic N) is 1. The zero-order valence-electron chi connectivity index (χ0n) is 14.9. The largest absolute Gasteiger partial charge is 0.457 e. The second kappa shape index (κ2) is 8.52. The summed E-state index contributed by atoms with van der Waals surface area (Å²) in [6.07, 6.45) is 2.00. The maximum Gasteiger partial charge on any atom is 0.338 e. The quantitative estimate of drug-likeness (QED) is 0.765. The number of carbonyl (C=O) groups is 2. The van der Waals surface area contributed by atoms with Gasteiger partial charge in [-0.05, 0) is 49.1 Å². The molecule has 0 aliphatic carbocycles. The van der Waals surface area contributed by atoms with Crippen molar-refractivity contribution in [2.45, 2.75) is 19.8 Å². The Kier molecular flexibility index (Phi) is 5.89. The van der Waals surface area contributed by atoms with Crippen LogP contribution in [-0.4, -0.2) is 36.5 Å². The molecule has 3 rings (SSSR count). The van der Waals surface area contributed by atoms with E-state index in [2.05, 4.69) is 6.92 Å². The van der Waals surface area contributed by atoms with Crippen molar-refractivity contribution in [3.63, 3.8) is 0 Å². The van der Waals surface area contributed by atoms with E-state index in [1.54, 1.807) is 29.2 Å². The maximum absolute atomic E-state index is 12.2. The third kappa shape index (κ3) is 4.85. The molecule has 0 atom stereocenters. The zero-order valence-corrected chi connectivity index (χ0v) is 14.9. The minimum atomic E-state index is -0.526. The third-order valence-electron chi connectivity index (χ3n) is 4.51. The molecule has 0 bridgehead atoms. The predicted octanol–water partition coefficient (Wildman–Crippen LogP) is 3.89. The van der Waals surface area contributed by atoms with Crippen LogP contribution >= 0.6 is 0 Å². The van der Waals surface area contributed by atoms with Gasteiger partial charge < -0.3 is 14.4 Å². The molecule has 1 saturated heterocycles. The van der Waals surface area contributed by atoms with Gasteiger partial charge in [-0.1, -0.05) is 31.2 Å². The highest BCUT2D eigenvalue weighted by molar-refractivity contribution is 5.91. The lowest BCUT2D eigenvalue weighted by atomic mass is 9.99. The topological polar surface area (TPSA) is 55.8 Å². The average molecular weight is 353 g/mol. The fourth-order valence-electron chi connectivity index (χ4n) is 2.87. The van der Waals surface area contributed by atoms with E-state index in [4.69, 9.17) is 9.47 Å². The number of carbonyl (C=O) groups excluding carboxylic acids is 2. The van der Waals surface area contributed by atoms with Gasteiger partial charge in [-0.2, -0.15) is 0 Å². The third-order valence-corrected chi connectivity index (χ3v) is 4.51. The summed E-state index contributed by atoms with van der Waals surface area (Å²) in [6, 6.07) is 16.1. The van der Waals surface area contributed by atoms with Crippen LogP contribution in [0.2, 0.25) is 0 Å². The zero-order chi connectivity index (χ0) is 18.4. The first kappa shape index (κ1) is 18.0. The minimum absolute atomic E-state index is 0.137. The van der Waals surface area contributed by atoms with Gasteiger partial charge >= 0.3 is 5.97 Å². The first-order valence-corrected chi connectivity index (χ1v) is 8.89. The first-order chi connectivity index (χ1) is 12.6. The normalized spacial score (nSPS) is 14.7. The number of amides is 1. The summed E-state index contributed by atoms with van der Waals surface area (Å²) in [7, 11) is 0. The Hall–Kier alpha value is -2.82. The molecule has 0 unspecified atom stereocenters. The van der Waals surface area contributed by atoms with E-state index in [1.165, 1.54) is 0 Å². The molecule has 1 aliphatic heterocycles. The number of hydrogen-bond donors (Lipinski definition) is 0. The van der Waals surface area contributed by atoms with Crippen LogP contribution in [0.5, 0.6) is 11.5 Å². The molecule has 1 aliphatic rings. The monoisotopic (exact) mass is 353 g/mol. The number of benzene rings is 2. The van der Waals surface area contributed by atoms with E-state index < -0.39 is 5.97 Å². The van der Waals surface area contributed by atoms with Crippen molar-refractivity contribution < 1.29 is 19.1 Å². The van der Waals surface area contributed by atoms with Crippen molar-refractivity contribution in [2.75, 3.05) is 19.7 Å². The number of para-hydroxylation sites is 1. The molecule has 5 nitrogen and oxygen atoms in total. The second-order valence-electron chi connectivity index (χ2n) is 6.58. The fraction of sp³-hybridized carbons (Fsp3) is 0.333. The first-order valence-electron chi connectivity index (χ1n) is 8.89. The van der Waals surface area contributed by atoms with E-state index in [1.807, 2.05) is 30.3 Å². The highest BCUT2D eigenvalue weighted by Gasteiger charge is 2.21. The van der Waals surface area contributed by atoms with Crippen molar-refractivity contribution >= 4 is 11.9 Å². The van der Waals surface area contributed by atoms with Gasteiger partial charge in [0.05, 0.1) is 5.56 Å². The lowest BCUT2D eigenvalue weighted by Crippen LogP contribution is -2.40. The molecule has 5 heteroatoms. The Balaban J connectivity index is 1.54. The molecule has 0 spiro atoms. The van der Waals surface area contributed by atoms with Crippen LogP contribution < -0.4 is 4.74 Å². The molecule has 2 aromatic carbocycles. The molecule has 1 heterocycles. The van der Waals surface area contributed by atoms with E-state index >= 15 is 0 Å². The van der Waals surface area contributed by atoms with Crippen LogP contribution in [0, 0.1) is 5.92 Å². The van der Waals surface area contributed by atoms with Crippen molar-refractivity contribution in [1.82, 2.24) is 4.90 Å². The van der Waals surface area contributed by atoms with E-state index in [0.29, 0.717) is 23.0 Å².